The summed E-state index contributed by atoms with van der Waals surface area (Å²) in [4.78, 5) is 4.50. The lowest BCUT2D eigenvalue weighted by atomic mass is 10.0. The van der Waals surface area contributed by atoms with Crippen LogP contribution in [0.25, 0.3) is 0 Å². The Bertz CT molecular complexity index is 337. The van der Waals surface area contributed by atoms with E-state index in [4.69, 9.17) is 0 Å². The van der Waals surface area contributed by atoms with Gasteiger partial charge in [-0.15, -0.1) is 0 Å². The first kappa shape index (κ1) is 11.0. The van der Waals surface area contributed by atoms with E-state index in [9.17, 15) is 0 Å². The van der Waals surface area contributed by atoms with Crippen molar-refractivity contribution in [2.24, 2.45) is 4.99 Å². The minimum Gasteiger partial charge on any atom is -0.258 e. The fourth-order valence-electron chi connectivity index (χ4n) is 1.60. The molecule has 1 aromatic carbocycles. The van der Waals surface area contributed by atoms with Crippen LogP contribution in [0.5, 0.6) is 0 Å². The highest BCUT2D eigenvalue weighted by atomic mass is 14.8. The monoisotopic (exact) mass is 189 g/mol. The van der Waals surface area contributed by atoms with Crippen LogP contribution < -0.4 is 0 Å². The second-order valence-corrected chi connectivity index (χ2v) is 3.48. The lowest BCUT2D eigenvalue weighted by Crippen LogP contribution is -2.01. The first-order valence-electron chi connectivity index (χ1n) is 5.39. The molecule has 0 N–H and O–H groups in total. The Hall–Kier alpha value is -1.11. The predicted molar refractivity (Wildman–Crippen MR) is 63.6 cm³/mol. The first-order valence-corrected chi connectivity index (χ1v) is 5.39. The van der Waals surface area contributed by atoms with E-state index in [2.05, 4.69) is 37.0 Å². The highest BCUT2D eigenvalue weighted by Crippen LogP contribution is 2.26. The molecule has 0 aliphatic carbocycles. The van der Waals surface area contributed by atoms with E-state index in [1.165, 1.54) is 22.5 Å². The maximum Gasteiger partial charge on any atom is 0.0661 e. The number of nitrogens with zero attached hydrogens (tertiary/aromatic N) is 1. The van der Waals surface area contributed by atoms with Gasteiger partial charge in [0.25, 0.3) is 0 Å². The normalized spacial score (nSPS) is 13.6. The molecule has 1 aliphatic heterocycles. The molecule has 0 amide bonds. The fraction of sp³-hybridized carbons (Fsp3) is 0.462. The van der Waals surface area contributed by atoms with E-state index in [0.29, 0.717) is 0 Å². The molecular weight excluding hydrogens is 170 g/mol. The first-order chi connectivity index (χ1) is 6.75. The molecule has 1 nitrogen and oxygen atoms in total. The molecular formula is C13H19N. The number of benzene rings is 1. The van der Waals surface area contributed by atoms with Gasteiger partial charge in [-0.25, -0.2) is 0 Å². The largest absolute Gasteiger partial charge is 0.258 e. The van der Waals surface area contributed by atoms with Crippen molar-refractivity contribution < 1.29 is 0 Å². The minimum absolute atomic E-state index is 1.12. The third-order valence-electron chi connectivity index (χ3n) is 2.30. The summed E-state index contributed by atoms with van der Waals surface area (Å²) in [7, 11) is 0. The van der Waals surface area contributed by atoms with E-state index in [-0.39, 0.29) is 0 Å². The minimum atomic E-state index is 1.12. The Labute approximate surface area is 86.9 Å². The standard InChI is InChI=1S/C11H13N.C2H6/c1-8-3-6-11-10(7-8)5-4-9(2)12-11;1-2/h3,6-7H,4-5H2,1-2H3;1-2H3. The van der Waals surface area contributed by atoms with Crippen LogP contribution >= 0.6 is 0 Å². The van der Waals surface area contributed by atoms with Crippen LogP contribution in [0.2, 0.25) is 0 Å². The van der Waals surface area contributed by atoms with Gasteiger partial charge in [0, 0.05) is 5.71 Å². The molecule has 1 heteroatoms. The Morgan fingerprint density at radius 3 is 2.50 bits per heavy atom. The van der Waals surface area contributed by atoms with E-state index in [0.717, 1.165) is 12.8 Å². The fourth-order valence-corrected chi connectivity index (χ4v) is 1.60. The van der Waals surface area contributed by atoms with Crippen molar-refractivity contribution in [2.45, 2.75) is 40.5 Å². The van der Waals surface area contributed by atoms with Crippen molar-refractivity contribution in [3.63, 3.8) is 0 Å². The van der Waals surface area contributed by atoms with Gasteiger partial charge in [-0.05, 0) is 38.3 Å². The lowest BCUT2D eigenvalue weighted by Gasteiger charge is -2.12. The smallest absolute Gasteiger partial charge is 0.0661 e. The second-order valence-electron chi connectivity index (χ2n) is 3.48. The lowest BCUT2D eigenvalue weighted by molar-refractivity contribution is 0.998. The summed E-state index contributed by atoms with van der Waals surface area (Å²) in [6.45, 7) is 8.23. The zero-order valence-electron chi connectivity index (χ0n) is 9.59. The predicted octanol–water partition coefficient (Wildman–Crippen LogP) is 4.06. The van der Waals surface area contributed by atoms with Gasteiger partial charge in [0.15, 0.2) is 0 Å². The van der Waals surface area contributed by atoms with Gasteiger partial charge in [-0.2, -0.15) is 0 Å². The Balaban J connectivity index is 0.000000461. The molecule has 0 aromatic heterocycles. The number of hydrogen-bond acceptors (Lipinski definition) is 1. The third-order valence-corrected chi connectivity index (χ3v) is 2.30. The van der Waals surface area contributed by atoms with Crippen LogP contribution in [0.4, 0.5) is 5.69 Å². The summed E-state index contributed by atoms with van der Waals surface area (Å²) in [6, 6.07) is 6.49. The SMILES string of the molecule is CC.CC1=Nc2ccc(C)cc2CC1. The van der Waals surface area contributed by atoms with Crippen molar-refractivity contribution in [1.29, 1.82) is 0 Å². The summed E-state index contributed by atoms with van der Waals surface area (Å²) < 4.78 is 0. The van der Waals surface area contributed by atoms with Crippen molar-refractivity contribution in [3.05, 3.63) is 29.3 Å². The topological polar surface area (TPSA) is 12.4 Å². The van der Waals surface area contributed by atoms with Gasteiger partial charge in [0.2, 0.25) is 0 Å². The third kappa shape index (κ3) is 2.44. The van der Waals surface area contributed by atoms with Crippen molar-refractivity contribution in [1.82, 2.24) is 0 Å². The van der Waals surface area contributed by atoms with E-state index in [1.807, 2.05) is 13.8 Å². The number of rotatable bonds is 0. The summed E-state index contributed by atoms with van der Waals surface area (Å²) in [5.74, 6) is 0. The van der Waals surface area contributed by atoms with Gasteiger partial charge < -0.3 is 0 Å². The maximum atomic E-state index is 4.50. The maximum absolute atomic E-state index is 4.50. The second kappa shape index (κ2) is 4.94. The van der Waals surface area contributed by atoms with E-state index in [1.54, 1.807) is 0 Å². The molecule has 14 heavy (non-hydrogen) atoms. The highest BCUT2D eigenvalue weighted by Gasteiger charge is 2.07. The molecule has 0 saturated heterocycles. The number of aryl methyl sites for hydroxylation is 2. The van der Waals surface area contributed by atoms with Crippen molar-refractivity contribution in [2.75, 3.05) is 0 Å². The molecule has 76 valence electrons. The molecule has 1 heterocycles. The highest BCUT2D eigenvalue weighted by molar-refractivity contribution is 5.87. The molecule has 0 bridgehead atoms. The van der Waals surface area contributed by atoms with Gasteiger partial charge in [-0.3, -0.25) is 4.99 Å². The van der Waals surface area contributed by atoms with Gasteiger partial charge >= 0.3 is 0 Å². The van der Waals surface area contributed by atoms with Crippen LogP contribution in [0.15, 0.2) is 23.2 Å². The molecule has 1 aliphatic rings. The van der Waals surface area contributed by atoms with Gasteiger partial charge in [-0.1, -0.05) is 31.5 Å². The molecule has 0 unspecified atom stereocenters. The summed E-state index contributed by atoms with van der Waals surface area (Å²) >= 11 is 0. The number of fused-ring (bicyclic) bond motifs is 1. The zero-order valence-corrected chi connectivity index (χ0v) is 9.59. The Morgan fingerprint density at radius 1 is 1.07 bits per heavy atom. The molecule has 0 atom stereocenters. The molecule has 2 rings (SSSR count). The van der Waals surface area contributed by atoms with Crippen LogP contribution in [-0.4, -0.2) is 5.71 Å². The van der Waals surface area contributed by atoms with Crippen LogP contribution in [0, 0.1) is 6.92 Å². The molecule has 1 aromatic rings. The van der Waals surface area contributed by atoms with Gasteiger partial charge in [0.05, 0.1) is 5.69 Å². The van der Waals surface area contributed by atoms with Crippen LogP contribution in [0.1, 0.15) is 38.3 Å². The summed E-state index contributed by atoms with van der Waals surface area (Å²) in [6.07, 6.45) is 2.28. The Kier molecular flexibility index (Phi) is 3.87. The molecule has 0 radical (unpaired) electrons. The Morgan fingerprint density at radius 2 is 1.79 bits per heavy atom. The number of hydrogen-bond donors (Lipinski definition) is 0. The zero-order chi connectivity index (χ0) is 10.6. The van der Waals surface area contributed by atoms with Crippen molar-refractivity contribution >= 4 is 11.4 Å². The van der Waals surface area contributed by atoms with E-state index < -0.39 is 0 Å². The van der Waals surface area contributed by atoms with Crippen LogP contribution in [0.3, 0.4) is 0 Å². The average molecular weight is 189 g/mol. The summed E-state index contributed by atoms with van der Waals surface area (Å²) in [5, 5.41) is 0. The van der Waals surface area contributed by atoms with E-state index >= 15 is 0 Å². The number of aliphatic imine (C=N–C) groups is 1. The summed E-state index contributed by atoms with van der Waals surface area (Å²) in [5.41, 5.74) is 5.17. The molecule has 0 fully saturated rings. The molecule has 0 spiro atoms. The van der Waals surface area contributed by atoms with Crippen molar-refractivity contribution in [3.8, 4) is 0 Å². The average Bonchev–Trinajstić information content (AvgIpc) is 2.21. The molecule has 0 saturated carbocycles. The quantitative estimate of drug-likeness (QED) is 0.583. The van der Waals surface area contributed by atoms with Crippen LogP contribution in [-0.2, 0) is 6.42 Å². The van der Waals surface area contributed by atoms with Gasteiger partial charge in [0.1, 0.15) is 0 Å².